The number of carbonyl (C=O) groups is 1. The minimum absolute atomic E-state index is 0.0134. The van der Waals surface area contributed by atoms with Gasteiger partial charge < -0.3 is 14.7 Å². The molecule has 1 amide bonds. The zero-order chi connectivity index (χ0) is 19.6. The van der Waals surface area contributed by atoms with Crippen LogP contribution in [0.4, 0.5) is 14.9 Å². The van der Waals surface area contributed by atoms with E-state index in [4.69, 9.17) is 16.3 Å². The zero-order valence-corrected chi connectivity index (χ0v) is 16.0. The number of nitrogens with zero attached hydrogens (tertiary/aromatic N) is 2. The molecule has 0 bridgehead atoms. The molecule has 2 aromatic rings. The molecule has 1 aliphatic rings. The van der Waals surface area contributed by atoms with E-state index in [-0.39, 0.29) is 10.9 Å². The minimum atomic E-state index is -1.02. The molecule has 1 heterocycles. The van der Waals surface area contributed by atoms with Gasteiger partial charge in [-0.2, -0.15) is 0 Å². The predicted octanol–water partition coefficient (Wildman–Crippen LogP) is 4.59. The van der Waals surface area contributed by atoms with Crippen molar-refractivity contribution < 1.29 is 19.0 Å². The van der Waals surface area contributed by atoms with E-state index in [9.17, 15) is 14.3 Å². The fourth-order valence-corrected chi connectivity index (χ4v) is 3.67. The van der Waals surface area contributed by atoms with Gasteiger partial charge in [0, 0.05) is 18.7 Å². The van der Waals surface area contributed by atoms with Crippen LogP contribution in [0, 0.1) is 11.7 Å². The third-order valence-electron chi connectivity index (χ3n) is 4.89. The number of likely N-dealkylation sites (tertiary alicyclic amines) is 1. The lowest BCUT2D eigenvalue weighted by molar-refractivity contribution is 0.200. The monoisotopic (exact) mass is 392 g/mol. The molecule has 2 aromatic carbocycles. The van der Waals surface area contributed by atoms with Gasteiger partial charge in [0.15, 0.2) is 0 Å². The summed E-state index contributed by atoms with van der Waals surface area (Å²) in [5.74, 6) is 0.326. The van der Waals surface area contributed by atoms with Crippen LogP contribution in [0.3, 0.4) is 0 Å². The van der Waals surface area contributed by atoms with Gasteiger partial charge >= 0.3 is 6.09 Å². The van der Waals surface area contributed by atoms with Crippen LogP contribution in [0.15, 0.2) is 36.4 Å². The van der Waals surface area contributed by atoms with E-state index in [1.807, 2.05) is 7.05 Å². The van der Waals surface area contributed by atoms with Crippen LogP contribution >= 0.6 is 11.6 Å². The van der Waals surface area contributed by atoms with Gasteiger partial charge in [0.1, 0.15) is 11.6 Å². The van der Waals surface area contributed by atoms with Gasteiger partial charge in [0.05, 0.1) is 17.8 Å². The van der Waals surface area contributed by atoms with Gasteiger partial charge in [-0.15, -0.1) is 0 Å². The second kappa shape index (κ2) is 8.15. The molecular weight excluding hydrogens is 371 g/mol. The maximum Gasteiger partial charge on any atom is 0.411 e. The van der Waals surface area contributed by atoms with Gasteiger partial charge in [-0.05, 0) is 61.8 Å². The first-order valence-corrected chi connectivity index (χ1v) is 9.09. The highest BCUT2D eigenvalue weighted by Gasteiger charge is 2.27. The minimum Gasteiger partial charge on any atom is -0.497 e. The number of hydrogen-bond donors (Lipinski definition) is 1. The van der Waals surface area contributed by atoms with Crippen LogP contribution in [0.5, 0.6) is 5.75 Å². The standard InChI is InChI=1S/C20H22ClFN2O3/c1-23-8-7-13(11-23)12-24(20(25)26)19-6-4-15(27-2)10-16(19)14-3-5-18(22)17(21)9-14/h3-6,9-10,13H,7-8,11-12H2,1-2H3,(H,25,26). The summed E-state index contributed by atoms with van der Waals surface area (Å²) in [4.78, 5) is 15.6. The van der Waals surface area contributed by atoms with Crippen molar-refractivity contribution in [1.29, 1.82) is 0 Å². The lowest BCUT2D eigenvalue weighted by Gasteiger charge is -2.26. The topological polar surface area (TPSA) is 53.0 Å². The number of anilines is 1. The fraction of sp³-hybridized carbons (Fsp3) is 0.350. The van der Waals surface area contributed by atoms with Crippen LogP contribution < -0.4 is 9.64 Å². The molecule has 1 saturated heterocycles. The lowest BCUT2D eigenvalue weighted by Crippen LogP contribution is -2.35. The van der Waals surface area contributed by atoms with E-state index in [0.29, 0.717) is 29.1 Å². The van der Waals surface area contributed by atoms with E-state index in [0.717, 1.165) is 19.5 Å². The highest BCUT2D eigenvalue weighted by Crippen LogP contribution is 2.36. The number of rotatable bonds is 5. The molecule has 0 saturated carbocycles. The average molecular weight is 393 g/mol. The Labute approximate surface area is 162 Å². The first kappa shape index (κ1) is 19.5. The average Bonchev–Trinajstić information content (AvgIpc) is 3.06. The van der Waals surface area contributed by atoms with Gasteiger partial charge in [0.25, 0.3) is 0 Å². The highest BCUT2D eigenvalue weighted by atomic mass is 35.5. The smallest absolute Gasteiger partial charge is 0.411 e. The summed E-state index contributed by atoms with van der Waals surface area (Å²) in [6.45, 7) is 2.22. The van der Waals surface area contributed by atoms with Crippen molar-refractivity contribution in [3.63, 3.8) is 0 Å². The van der Waals surface area contributed by atoms with Crippen LogP contribution in [-0.2, 0) is 0 Å². The molecular formula is C20H22ClFN2O3. The summed E-state index contributed by atoms with van der Waals surface area (Å²) in [5.41, 5.74) is 1.79. The van der Waals surface area contributed by atoms with E-state index in [1.54, 1.807) is 31.4 Å². The van der Waals surface area contributed by atoms with Crippen molar-refractivity contribution in [3.8, 4) is 16.9 Å². The first-order valence-electron chi connectivity index (χ1n) is 8.71. The Balaban J connectivity index is 2.03. The molecule has 0 aromatic heterocycles. The van der Waals surface area contributed by atoms with Crippen molar-refractivity contribution in [1.82, 2.24) is 4.90 Å². The number of hydrogen-bond acceptors (Lipinski definition) is 3. The molecule has 1 fully saturated rings. The summed E-state index contributed by atoms with van der Waals surface area (Å²) in [6, 6.07) is 9.55. The van der Waals surface area contributed by atoms with Crippen molar-refractivity contribution in [2.75, 3.05) is 38.7 Å². The van der Waals surface area contributed by atoms with E-state index < -0.39 is 11.9 Å². The van der Waals surface area contributed by atoms with Gasteiger partial charge in [0.2, 0.25) is 0 Å². The Morgan fingerprint density at radius 1 is 1.37 bits per heavy atom. The third kappa shape index (κ3) is 4.34. The van der Waals surface area contributed by atoms with Crippen molar-refractivity contribution in [2.24, 2.45) is 5.92 Å². The van der Waals surface area contributed by atoms with Crippen LogP contribution in [0.25, 0.3) is 11.1 Å². The number of halogens is 2. The largest absolute Gasteiger partial charge is 0.497 e. The molecule has 1 unspecified atom stereocenters. The first-order chi connectivity index (χ1) is 12.9. The number of methoxy groups -OCH3 is 1. The van der Waals surface area contributed by atoms with Gasteiger partial charge in [-0.25, -0.2) is 9.18 Å². The summed E-state index contributed by atoms with van der Waals surface area (Å²) < 4.78 is 18.9. The molecule has 7 heteroatoms. The molecule has 1 atom stereocenters. The molecule has 1 N–H and O–H groups in total. The lowest BCUT2D eigenvalue weighted by atomic mass is 10.0. The van der Waals surface area contributed by atoms with E-state index in [2.05, 4.69) is 4.90 Å². The van der Waals surface area contributed by atoms with Crippen LogP contribution in [0.1, 0.15) is 6.42 Å². The molecule has 1 aliphatic heterocycles. The van der Waals surface area contributed by atoms with Crippen LogP contribution in [0.2, 0.25) is 5.02 Å². The van der Waals surface area contributed by atoms with Crippen molar-refractivity contribution in [3.05, 3.63) is 47.2 Å². The Morgan fingerprint density at radius 2 is 2.15 bits per heavy atom. The van der Waals surface area contributed by atoms with Crippen LogP contribution in [-0.4, -0.2) is 49.9 Å². The molecule has 3 rings (SSSR count). The normalized spacial score (nSPS) is 17.1. The Morgan fingerprint density at radius 3 is 2.74 bits per heavy atom. The maximum absolute atomic E-state index is 13.6. The van der Waals surface area contributed by atoms with E-state index in [1.165, 1.54) is 17.0 Å². The molecule has 0 spiro atoms. The summed E-state index contributed by atoms with van der Waals surface area (Å²) in [7, 11) is 3.57. The summed E-state index contributed by atoms with van der Waals surface area (Å²) >= 11 is 5.94. The summed E-state index contributed by atoms with van der Waals surface area (Å²) in [6.07, 6.45) is -0.0714. The summed E-state index contributed by atoms with van der Waals surface area (Å²) in [5, 5.41) is 9.83. The Hall–Kier alpha value is -2.31. The van der Waals surface area contributed by atoms with Crippen molar-refractivity contribution in [2.45, 2.75) is 6.42 Å². The molecule has 144 valence electrons. The SMILES string of the molecule is COc1ccc(N(CC2CCN(C)C2)C(=O)O)c(-c2ccc(F)c(Cl)c2)c1. The number of ether oxygens (including phenoxy) is 1. The second-order valence-electron chi connectivity index (χ2n) is 6.82. The van der Waals surface area contributed by atoms with Gasteiger partial charge in [-0.1, -0.05) is 17.7 Å². The van der Waals surface area contributed by atoms with Crippen molar-refractivity contribution >= 4 is 23.4 Å². The highest BCUT2D eigenvalue weighted by molar-refractivity contribution is 6.31. The molecule has 0 aliphatic carbocycles. The molecule has 5 nitrogen and oxygen atoms in total. The number of carboxylic acid groups (broad SMARTS) is 1. The van der Waals surface area contributed by atoms with Gasteiger partial charge in [-0.3, -0.25) is 4.90 Å². The predicted molar refractivity (Wildman–Crippen MR) is 104 cm³/mol. The number of benzene rings is 2. The number of amides is 1. The second-order valence-corrected chi connectivity index (χ2v) is 7.23. The third-order valence-corrected chi connectivity index (χ3v) is 5.18. The fourth-order valence-electron chi connectivity index (χ4n) is 3.49. The Bertz CT molecular complexity index is 846. The molecule has 27 heavy (non-hydrogen) atoms. The van der Waals surface area contributed by atoms with E-state index >= 15 is 0 Å². The maximum atomic E-state index is 13.6. The zero-order valence-electron chi connectivity index (χ0n) is 15.3. The quantitative estimate of drug-likeness (QED) is 0.808. The Kier molecular flexibility index (Phi) is 5.87. The molecule has 0 radical (unpaired) electrons.